The molecule has 7 heteroatoms. The molecular formula is C24H29ClN4OS. The number of aryl methyl sites for hydroxylation is 2. The minimum Gasteiger partial charge on any atom is -0.326 e. The fraction of sp³-hybridized carbons (Fsp3) is 0.375. The van der Waals surface area contributed by atoms with Crippen LogP contribution in [0.15, 0.2) is 41.6 Å². The van der Waals surface area contributed by atoms with E-state index in [-0.39, 0.29) is 5.91 Å². The average Bonchev–Trinajstić information content (AvgIpc) is 3.12. The van der Waals surface area contributed by atoms with E-state index >= 15 is 0 Å². The van der Waals surface area contributed by atoms with Gasteiger partial charge in [0.2, 0.25) is 5.91 Å². The Morgan fingerprint density at radius 2 is 1.84 bits per heavy atom. The molecule has 0 saturated heterocycles. The van der Waals surface area contributed by atoms with E-state index < -0.39 is 0 Å². The molecule has 0 bridgehead atoms. The Kier molecular flexibility index (Phi) is 8.15. The molecule has 0 spiro atoms. The predicted molar refractivity (Wildman–Crippen MR) is 130 cm³/mol. The van der Waals surface area contributed by atoms with Gasteiger partial charge in [0.25, 0.3) is 0 Å². The molecule has 1 N–H and O–H groups in total. The first kappa shape index (κ1) is 23.4. The molecule has 2 aromatic carbocycles. The zero-order valence-corrected chi connectivity index (χ0v) is 20.1. The average molecular weight is 457 g/mol. The van der Waals surface area contributed by atoms with Gasteiger partial charge in [0.1, 0.15) is 0 Å². The molecule has 5 nitrogen and oxygen atoms in total. The van der Waals surface area contributed by atoms with E-state index in [9.17, 15) is 4.79 Å². The highest BCUT2D eigenvalue weighted by Crippen LogP contribution is 2.30. The number of carbonyl (C=O) groups excluding carboxylic acids is 1. The van der Waals surface area contributed by atoms with Gasteiger partial charge in [-0.1, -0.05) is 73.1 Å². The topological polar surface area (TPSA) is 59.8 Å². The van der Waals surface area contributed by atoms with Gasteiger partial charge in [-0.25, -0.2) is 0 Å². The summed E-state index contributed by atoms with van der Waals surface area (Å²) in [7, 11) is 1.97. The third kappa shape index (κ3) is 5.69. The number of benzene rings is 2. The number of carbonyl (C=O) groups is 1. The summed E-state index contributed by atoms with van der Waals surface area (Å²) in [6, 6.07) is 12.2. The highest BCUT2D eigenvalue weighted by atomic mass is 35.5. The zero-order valence-electron chi connectivity index (χ0n) is 18.5. The molecule has 1 aromatic heterocycles. The van der Waals surface area contributed by atoms with Gasteiger partial charge in [-0.2, -0.15) is 0 Å². The van der Waals surface area contributed by atoms with Gasteiger partial charge in [-0.05, 0) is 43.4 Å². The Morgan fingerprint density at radius 3 is 2.52 bits per heavy atom. The standard InChI is InChI=1S/C24H29ClN4OS/c1-5-17-13-14-20(25)19(6-2)22(17)26-21(30)8-7-15-31-24-28-27-23(29(24)4)18-11-9-16(3)10-12-18/h9-14H,5-8,15H2,1-4H3,(H,26,30). The van der Waals surface area contributed by atoms with Gasteiger partial charge in [0, 0.05) is 35.5 Å². The number of amides is 1. The molecule has 0 atom stereocenters. The van der Waals surface area contributed by atoms with Crippen molar-refractivity contribution in [2.24, 2.45) is 7.05 Å². The number of anilines is 1. The summed E-state index contributed by atoms with van der Waals surface area (Å²) in [5.41, 5.74) is 5.27. The van der Waals surface area contributed by atoms with E-state index in [1.807, 2.05) is 23.7 Å². The number of hydrogen-bond acceptors (Lipinski definition) is 4. The molecule has 0 unspecified atom stereocenters. The molecule has 3 rings (SSSR count). The molecule has 0 aliphatic rings. The second-order valence-electron chi connectivity index (χ2n) is 7.50. The van der Waals surface area contributed by atoms with Crippen molar-refractivity contribution in [3.05, 3.63) is 58.1 Å². The number of thioether (sulfide) groups is 1. The molecule has 1 amide bonds. The summed E-state index contributed by atoms with van der Waals surface area (Å²) in [4.78, 5) is 12.6. The maximum atomic E-state index is 12.6. The lowest BCUT2D eigenvalue weighted by atomic mass is 10.0. The van der Waals surface area contributed by atoms with E-state index in [0.717, 1.165) is 58.4 Å². The molecule has 1 heterocycles. The highest BCUT2D eigenvalue weighted by molar-refractivity contribution is 7.99. The Balaban J connectivity index is 1.55. The first-order chi connectivity index (χ1) is 14.9. The van der Waals surface area contributed by atoms with Crippen LogP contribution >= 0.6 is 23.4 Å². The molecule has 0 aliphatic heterocycles. The van der Waals surface area contributed by atoms with Gasteiger partial charge < -0.3 is 9.88 Å². The van der Waals surface area contributed by atoms with Gasteiger partial charge >= 0.3 is 0 Å². The second kappa shape index (κ2) is 10.8. The molecule has 31 heavy (non-hydrogen) atoms. The van der Waals surface area contributed by atoms with E-state index in [4.69, 9.17) is 11.6 Å². The number of halogens is 1. The van der Waals surface area contributed by atoms with Crippen molar-refractivity contribution in [2.75, 3.05) is 11.1 Å². The molecule has 0 aliphatic carbocycles. The van der Waals surface area contributed by atoms with Crippen molar-refractivity contribution < 1.29 is 4.79 Å². The predicted octanol–water partition coefficient (Wildman–Crippen LogP) is 6.08. The van der Waals surface area contributed by atoms with Gasteiger partial charge in [-0.3, -0.25) is 4.79 Å². The maximum Gasteiger partial charge on any atom is 0.224 e. The fourth-order valence-corrected chi connectivity index (χ4v) is 4.60. The van der Waals surface area contributed by atoms with Crippen LogP contribution in [0.4, 0.5) is 5.69 Å². The summed E-state index contributed by atoms with van der Waals surface area (Å²) in [6.45, 7) is 6.20. The summed E-state index contributed by atoms with van der Waals surface area (Å²) >= 11 is 7.96. The fourth-order valence-electron chi connectivity index (χ4n) is 3.46. The van der Waals surface area contributed by atoms with Crippen LogP contribution < -0.4 is 5.32 Å². The van der Waals surface area contributed by atoms with Crippen LogP contribution in [-0.2, 0) is 24.7 Å². The van der Waals surface area contributed by atoms with Crippen LogP contribution in [0.1, 0.15) is 43.4 Å². The normalized spacial score (nSPS) is 11.0. The lowest BCUT2D eigenvalue weighted by Gasteiger charge is -2.16. The quantitative estimate of drug-likeness (QED) is 0.313. The number of nitrogens with zero attached hydrogens (tertiary/aromatic N) is 3. The van der Waals surface area contributed by atoms with E-state index in [0.29, 0.717) is 11.4 Å². The zero-order chi connectivity index (χ0) is 22.4. The molecular weight excluding hydrogens is 428 g/mol. The Morgan fingerprint density at radius 1 is 1.10 bits per heavy atom. The molecule has 0 saturated carbocycles. The SMILES string of the molecule is CCc1ccc(Cl)c(CC)c1NC(=O)CCCSc1nnc(-c2ccc(C)cc2)n1C. The van der Waals surface area contributed by atoms with Crippen molar-refractivity contribution in [2.45, 2.75) is 51.6 Å². The van der Waals surface area contributed by atoms with Crippen LogP contribution in [0, 0.1) is 6.92 Å². The van der Waals surface area contributed by atoms with Crippen LogP contribution in [0.2, 0.25) is 5.02 Å². The monoisotopic (exact) mass is 456 g/mol. The lowest BCUT2D eigenvalue weighted by Crippen LogP contribution is -2.15. The first-order valence-electron chi connectivity index (χ1n) is 10.6. The van der Waals surface area contributed by atoms with Gasteiger partial charge in [0.05, 0.1) is 0 Å². The minimum absolute atomic E-state index is 0.0191. The number of aromatic nitrogens is 3. The van der Waals surface area contributed by atoms with Crippen LogP contribution in [0.5, 0.6) is 0 Å². The van der Waals surface area contributed by atoms with Crippen molar-refractivity contribution in [3.63, 3.8) is 0 Å². The minimum atomic E-state index is 0.0191. The van der Waals surface area contributed by atoms with Crippen molar-refractivity contribution >= 4 is 35.0 Å². The molecule has 0 radical (unpaired) electrons. The number of nitrogens with one attached hydrogen (secondary N) is 1. The van der Waals surface area contributed by atoms with Crippen LogP contribution in [0.25, 0.3) is 11.4 Å². The van der Waals surface area contributed by atoms with Crippen molar-refractivity contribution in [1.82, 2.24) is 14.8 Å². The maximum absolute atomic E-state index is 12.6. The third-order valence-electron chi connectivity index (χ3n) is 5.26. The highest BCUT2D eigenvalue weighted by Gasteiger charge is 2.14. The van der Waals surface area contributed by atoms with E-state index in [1.165, 1.54) is 5.56 Å². The van der Waals surface area contributed by atoms with Crippen LogP contribution in [0.3, 0.4) is 0 Å². The largest absolute Gasteiger partial charge is 0.326 e. The van der Waals surface area contributed by atoms with Crippen molar-refractivity contribution in [3.8, 4) is 11.4 Å². The van der Waals surface area contributed by atoms with E-state index in [2.05, 4.69) is 60.6 Å². The van der Waals surface area contributed by atoms with Crippen molar-refractivity contribution in [1.29, 1.82) is 0 Å². The Bertz CT molecular complexity index is 1050. The molecule has 164 valence electrons. The smallest absolute Gasteiger partial charge is 0.224 e. The number of rotatable bonds is 9. The Labute approximate surface area is 193 Å². The first-order valence-corrected chi connectivity index (χ1v) is 12.0. The number of hydrogen-bond donors (Lipinski definition) is 1. The third-order valence-corrected chi connectivity index (χ3v) is 6.73. The summed E-state index contributed by atoms with van der Waals surface area (Å²) in [5, 5.41) is 13.3. The molecule has 3 aromatic rings. The van der Waals surface area contributed by atoms with Gasteiger partial charge in [-0.15, -0.1) is 10.2 Å². The summed E-state index contributed by atoms with van der Waals surface area (Å²) < 4.78 is 2.00. The van der Waals surface area contributed by atoms with E-state index in [1.54, 1.807) is 11.8 Å². The van der Waals surface area contributed by atoms with Gasteiger partial charge in [0.15, 0.2) is 11.0 Å². The molecule has 0 fully saturated rings. The lowest BCUT2D eigenvalue weighted by molar-refractivity contribution is -0.116. The summed E-state index contributed by atoms with van der Waals surface area (Å²) in [5.74, 6) is 1.66. The van der Waals surface area contributed by atoms with Crippen LogP contribution in [-0.4, -0.2) is 26.4 Å². The Hall–Kier alpha value is -2.31. The summed E-state index contributed by atoms with van der Waals surface area (Å²) in [6.07, 6.45) is 2.85. The second-order valence-corrected chi connectivity index (χ2v) is 8.97.